The van der Waals surface area contributed by atoms with E-state index in [2.05, 4.69) is 30.3 Å². The molecule has 0 aromatic heterocycles. The third-order valence-electron chi connectivity index (χ3n) is 4.83. The summed E-state index contributed by atoms with van der Waals surface area (Å²) < 4.78 is 0. The zero-order valence-corrected chi connectivity index (χ0v) is 12.7. The molecule has 1 aliphatic carbocycles. The maximum Gasteiger partial charge on any atom is 0.0991 e. The van der Waals surface area contributed by atoms with Crippen LogP contribution in [0.25, 0.3) is 11.1 Å². The third kappa shape index (κ3) is 3.21. The van der Waals surface area contributed by atoms with Gasteiger partial charge in [0.1, 0.15) is 0 Å². The van der Waals surface area contributed by atoms with Gasteiger partial charge in [0, 0.05) is 6.61 Å². The summed E-state index contributed by atoms with van der Waals surface area (Å²) in [6.45, 7) is 0.338. The number of hydrogen-bond acceptors (Lipinski definition) is 2. The standard InChI is InChI=1S/C20H21NO/c21-13-15-1-5-17(6-2-15)19-9-11-20(12-10-19)18-7-3-16(14-22)4-8-18/h1-2,5-6,9-12,16,18,22H,3-4,7-8,14H2/t16-,18-. The molecular weight excluding hydrogens is 270 g/mol. The Labute approximate surface area is 132 Å². The molecule has 2 aromatic carbocycles. The van der Waals surface area contributed by atoms with Crippen LogP contribution in [-0.4, -0.2) is 11.7 Å². The Hall–Kier alpha value is -2.11. The highest BCUT2D eigenvalue weighted by atomic mass is 16.3. The van der Waals surface area contributed by atoms with E-state index in [4.69, 9.17) is 5.26 Å². The molecule has 2 aromatic rings. The summed E-state index contributed by atoms with van der Waals surface area (Å²) in [5.74, 6) is 1.15. The molecule has 0 atom stereocenters. The summed E-state index contributed by atoms with van der Waals surface area (Å²) in [7, 11) is 0. The van der Waals surface area contributed by atoms with Crippen LogP contribution in [0.2, 0.25) is 0 Å². The molecule has 2 heteroatoms. The highest BCUT2D eigenvalue weighted by Gasteiger charge is 2.21. The van der Waals surface area contributed by atoms with Crippen LogP contribution in [0.5, 0.6) is 0 Å². The maximum absolute atomic E-state index is 9.23. The SMILES string of the molecule is N#Cc1ccc(-c2ccc([C@H]3CC[C@H](CO)CC3)cc2)cc1. The van der Waals surface area contributed by atoms with Crippen molar-refractivity contribution in [3.63, 3.8) is 0 Å². The van der Waals surface area contributed by atoms with E-state index in [9.17, 15) is 5.11 Å². The highest BCUT2D eigenvalue weighted by molar-refractivity contribution is 5.64. The molecule has 0 spiro atoms. The summed E-state index contributed by atoms with van der Waals surface area (Å²) in [5.41, 5.74) is 4.45. The van der Waals surface area contributed by atoms with Gasteiger partial charge < -0.3 is 5.11 Å². The van der Waals surface area contributed by atoms with Crippen LogP contribution >= 0.6 is 0 Å². The fourth-order valence-electron chi connectivity index (χ4n) is 3.36. The van der Waals surface area contributed by atoms with Gasteiger partial charge in [-0.25, -0.2) is 0 Å². The lowest BCUT2D eigenvalue weighted by atomic mass is 9.79. The molecule has 0 amide bonds. The largest absolute Gasteiger partial charge is 0.396 e. The average Bonchev–Trinajstić information content (AvgIpc) is 2.62. The van der Waals surface area contributed by atoms with E-state index in [1.165, 1.54) is 24.0 Å². The van der Waals surface area contributed by atoms with Gasteiger partial charge in [-0.2, -0.15) is 5.26 Å². The Balaban J connectivity index is 1.71. The number of rotatable bonds is 3. The number of aliphatic hydroxyl groups excluding tert-OH is 1. The molecule has 22 heavy (non-hydrogen) atoms. The fourth-order valence-corrected chi connectivity index (χ4v) is 3.36. The molecule has 0 saturated heterocycles. The van der Waals surface area contributed by atoms with Gasteiger partial charge in [-0.05, 0) is 66.3 Å². The summed E-state index contributed by atoms with van der Waals surface area (Å²) in [4.78, 5) is 0. The number of nitriles is 1. The molecule has 1 aliphatic rings. The van der Waals surface area contributed by atoms with Crippen molar-refractivity contribution < 1.29 is 5.11 Å². The van der Waals surface area contributed by atoms with Crippen LogP contribution in [0.1, 0.15) is 42.7 Å². The highest BCUT2D eigenvalue weighted by Crippen LogP contribution is 2.36. The Kier molecular flexibility index (Phi) is 4.56. The normalized spacial score (nSPS) is 21.3. The first kappa shape index (κ1) is 14.8. The van der Waals surface area contributed by atoms with Gasteiger partial charge in [0.05, 0.1) is 11.6 Å². The number of benzene rings is 2. The molecule has 0 heterocycles. The molecule has 0 aliphatic heterocycles. The van der Waals surface area contributed by atoms with Crippen LogP contribution in [0.4, 0.5) is 0 Å². The minimum absolute atomic E-state index is 0.338. The second kappa shape index (κ2) is 6.77. The molecule has 1 saturated carbocycles. The van der Waals surface area contributed by atoms with Crippen molar-refractivity contribution in [2.75, 3.05) is 6.61 Å². The van der Waals surface area contributed by atoms with Crippen LogP contribution in [0, 0.1) is 17.2 Å². The minimum atomic E-state index is 0.338. The predicted molar refractivity (Wildman–Crippen MR) is 88.4 cm³/mol. The van der Waals surface area contributed by atoms with Crippen molar-refractivity contribution in [1.82, 2.24) is 0 Å². The maximum atomic E-state index is 9.23. The molecule has 0 radical (unpaired) electrons. The summed E-state index contributed by atoms with van der Waals surface area (Å²) >= 11 is 0. The lowest BCUT2D eigenvalue weighted by molar-refractivity contribution is 0.182. The Bertz CT molecular complexity index is 644. The predicted octanol–water partition coefficient (Wildman–Crippen LogP) is 4.49. The van der Waals surface area contributed by atoms with Gasteiger partial charge in [0.15, 0.2) is 0 Å². The van der Waals surface area contributed by atoms with Crippen molar-refractivity contribution in [3.8, 4) is 17.2 Å². The van der Waals surface area contributed by atoms with Crippen LogP contribution < -0.4 is 0 Å². The van der Waals surface area contributed by atoms with Gasteiger partial charge >= 0.3 is 0 Å². The van der Waals surface area contributed by atoms with E-state index in [0.29, 0.717) is 24.0 Å². The zero-order valence-electron chi connectivity index (χ0n) is 12.7. The lowest BCUT2D eigenvalue weighted by Gasteiger charge is -2.27. The van der Waals surface area contributed by atoms with Crippen LogP contribution in [0.3, 0.4) is 0 Å². The number of hydrogen-bond donors (Lipinski definition) is 1. The van der Waals surface area contributed by atoms with Gasteiger partial charge in [-0.1, -0.05) is 36.4 Å². The van der Waals surface area contributed by atoms with Crippen molar-refractivity contribution in [1.29, 1.82) is 5.26 Å². The van der Waals surface area contributed by atoms with Gasteiger partial charge in [-0.3, -0.25) is 0 Å². The van der Waals surface area contributed by atoms with Crippen molar-refractivity contribution in [2.24, 2.45) is 5.92 Å². The Morgan fingerprint density at radius 2 is 1.41 bits per heavy atom. The summed E-state index contributed by atoms with van der Waals surface area (Å²) in [5, 5.41) is 18.1. The molecule has 0 bridgehead atoms. The number of aliphatic hydroxyl groups is 1. The second-order valence-electron chi connectivity index (χ2n) is 6.21. The zero-order chi connectivity index (χ0) is 15.4. The summed E-state index contributed by atoms with van der Waals surface area (Å²) in [6, 6.07) is 18.7. The van der Waals surface area contributed by atoms with E-state index in [-0.39, 0.29) is 0 Å². The smallest absolute Gasteiger partial charge is 0.0991 e. The number of nitrogens with zero attached hydrogens (tertiary/aromatic N) is 1. The van der Waals surface area contributed by atoms with Crippen LogP contribution in [-0.2, 0) is 0 Å². The molecule has 112 valence electrons. The Morgan fingerprint density at radius 3 is 1.91 bits per heavy atom. The minimum Gasteiger partial charge on any atom is -0.396 e. The molecule has 1 fully saturated rings. The van der Waals surface area contributed by atoms with E-state index in [1.54, 1.807) is 0 Å². The molecule has 1 N–H and O–H groups in total. The second-order valence-corrected chi connectivity index (χ2v) is 6.21. The van der Waals surface area contributed by atoms with E-state index in [1.807, 2.05) is 24.3 Å². The molecule has 3 rings (SSSR count). The van der Waals surface area contributed by atoms with Crippen molar-refractivity contribution in [2.45, 2.75) is 31.6 Å². The molecule has 0 unspecified atom stereocenters. The molecular formula is C20H21NO. The van der Waals surface area contributed by atoms with Crippen molar-refractivity contribution >= 4 is 0 Å². The van der Waals surface area contributed by atoms with Crippen LogP contribution in [0.15, 0.2) is 48.5 Å². The van der Waals surface area contributed by atoms with E-state index in [0.717, 1.165) is 18.4 Å². The summed E-state index contributed by atoms with van der Waals surface area (Å²) in [6.07, 6.45) is 4.64. The van der Waals surface area contributed by atoms with E-state index < -0.39 is 0 Å². The quantitative estimate of drug-likeness (QED) is 0.905. The average molecular weight is 291 g/mol. The monoisotopic (exact) mass is 291 g/mol. The van der Waals surface area contributed by atoms with Crippen molar-refractivity contribution in [3.05, 3.63) is 59.7 Å². The van der Waals surface area contributed by atoms with Gasteiger partial charge in [-0.15, -0.1) is 0 Å². The van der Waals surface area contributed by atoms with Gasteiger partial charge in [0.25, 0.3) is 0 Å². The Morgan fingerprint density at radius 1 is 0.864 bits per heavy atom. The lowest BCUT2D eigenvalue weighted by Crippen LogP contribution is -2.15. The fraction of sp³-hybridized carbons (Fsp3) is 0.350. The first-order valence-corrected chi connectivity index (χ1v) is 8.01. The first-order valence-electron chi connectivity index (χ1n) is 8.01. The van der Waals surface area contributed by atoms with Gasteiger partial charge in [0.2, 0.25) is 0 Å². The first-order chi connectivity index (χ1) is 10.8. The topological polar surface area (TPSA) is 44.0 Å². The molecule has 2 nitrogen and oxygen atoms in total. The third-order valence-corrected chi connectivity index (χ3v) is 4.83. The van der Waals surface area contributed by atoms with E-state index >= 15 is 0 Å².